The Kier molecular flexibility index (Phi) is 4.89. The number of rotatable bonds is 5. The molecule has 0 spiro atoms. The number of carbonyl (C=O) groups is 1. The highest BCUT2D eigenvalue weighted by Gasteiger charge is 2.29. The number of nitrogens with one attached hydrogen (secondary N) is 2. The fourth-order valence-corrected chi connectivity index (χ4v) is 3.40. The molecule has 2 unspecified atom stereocenters. The van der Waals surface area contributed by atoms with E-state index in [1.165, 1.54) is 6.20 Å². The largest absolute Gasteiger partial charge is 0.350 e. The van der Waals surface area contributed by atoms with Gasteiger partial charge in [0.2, 0.25) is 10.0 Å². The van der Waals surface area contributed by atoms with Crippen LogP contribution in [0.3, 0.4) is 0 Å². The van der Waals surface area contributed by atoms with Crippen molar-refractivity contribution in [3.05, 3.63) is 23.8 Å². The molecule has 1 amide bonds. The Bertz CT molecular complexity index is 600. The first-order valence-corrected chi connectivity index (χ1v) is 8.78. The minimum Gasteiger partial charge on any atom is -0.350 e. The van der Waals surface area contributed by atoms with E-state index >= 15 is 0 Å². The van der Waals surface area contributed by atoms with Crippen molar-refractivity contribution in [2.75, 3.05) is 12.8 Å². The van der Waals surface area contributed by atoms with Gasteiger partial charge in [0.15, 0.2) is 0 Å². The normalized spacial score (nSPS) is 22.2. The van der Waals surface area contributed by atoms with Gasteiger partial charge >= 0.3 is 0 Å². The molecule has 0 aliphatic heterocycles. The molecule has 0 saturated heterocycles. The van der Waals surface area contributed by atoms with Gasteiger partial charge in [-0.1, -0.05) is 6.42 Å². The number of nitrogens with zero attached hydrogens (tertiary/aromatic N) is 2. The van der Waals surface area contributed by atoms with E-state index in [-0.39, 0.29) is 23.6 Å². The Morgan fingerprint density at radius 2 is 2.10 bits per heavy atom. The van der Waals surface area contributed by atoms with Crippen molar-refractivity contribution < 1.29 is 13.2 Å². The second-order valence-electron chi connectivity index (χ2n) is 5.44. The minimum absolute atomic E-state index is 0.107. The van der Waals surface area contributed by atoms with Crippen LogP contribution in [0.1, 0.15) is 35.4 Å². The zero-order valence-corrected chi connectivity index (χ0v) is 13.0. The van der Waals surface area contributed by atoms with Crippen LogP contribution >= 0.6 is 0 Å². The summed E-state index contributed by atoms with van der Waals surface area (Å²) in [4.78, 5) is 20.0. The maximum absolute atomic E-state index is 12.0. The molecule has 1 aliphatic rings. The molecule has 1 aliphatic carbocycles. The molecule has 21 heavy (non-hydrogen) atoms. The molecule has 8 heteroatoms. The predicted molar refractivity (Wildman–Crippen MR) is 78.2 cm³/mol. The average Bonchev–Trinajstić information content (AvgIpc) is 2.82. The number of hydrogen-bond acceptors (Lipinski definition) is 5. The van der Waals surface area contributed by atoms with Crippen molar-refractivity contribution in [1.29, 1.82) is 0 Å². The molecule has 0 bridgehead atoms. The number of carbonyl (C=O) groups excluding carboxylic acids is 1. The smallest absolute Gasteiger partial charge is 0.271 e. The van der Waals surface area contributed by atoms with Gasteiger partial charge in [-0.15, -0.1) is 0 Å². The van der Waals surface area contributed by atoms with E-state index in [1.54, 1.807) is 13.1 Å². The summed E-state index contributed by atoms with van der Waals surface area (Å²) in [5, 5.41) is 2.80. The molecule has 1 saturated carbocycles. The second-order valence-corrected chi connectivity index (χ2v) is 7.22. The zero-order valence-electron chi connectivity index (χ0n) is 12.2. The van der Waals surface area contributed by atoms with Gasteiger partial charge in [0.1, 0.15) is 5.69 Å². The molecule has 1 heterocycles. The van der Waals surface area contributed by atoms with Gasteiger partial charge in [-0.2, -0.15) is 0 Å². The first-order valence-electron chi connectivity index (χ1n) is 6.89. The Hall–Kier alpha value is -1.54. The van der Waals surface area contributed by atoms with Gasteiger partial charge in [0, 0.05) is 18.8 Å². The lowest BCUT2D eigenvalue weighted by Gasteiger charge is -2.20. The molecule has 1 aromatic rings. The summed E-state index contributed by atoms with van der Waals surface area (Å²) in [5.41, 5.74) is 1.02. The van der Waals surface area contributed by atoms with E-state index in [0.29, 0.717) is 6.54 Å². The van der Waals surface area contributed by atoms with E-state index in [9.17, 15) is 13.2 Å². The molecule has 2 atom stereocenters. The van der Waals surface area contributed by atoms with Crippen LogP contribution < -0.4 is 10.0 Å². The van der Waals surface area contributed by atoms with Gasteiger partial charge in [0.05, 0.1) is 18.1 Å². The lowest BCUT2D eigenvalue weighted by atomic mass is 10.0. The van der Waals surface area contributed by atoms with Crippen molar-refractivity contribution in [1.82, 2.24) is 20.0 Å². The molecular weight excluding hydrogens is 292 g/mol. The Balaban J connectivity index is 1.89. The number of hydrogen-bond donors (Lipinski definition) is 2. The van der Waals surface area contributed by atoms with E-state index in [4.69, 9.17) is 0 Å². The van der Waals surface area contributed by atoms with Crippen molar-refractivity contribution in [3.63, 3.8) is 0 Å². The summed E-state index contributed by atoms with van der Waals surface area (Å²) in [7, 11) is -3.22. The second kappa shape index (κ2) is 6.48. The Morgan fingerprint density at radius 1 is 1.33 bits per heavy atom. The fourth-order valence-electron chi connectivity index (χ4n) is 2.54. The molecule has 7 nitrogen and oxygen atoms in total. The third-order valence-corrected chi connectivity index (χ3v) is 4.29. The number of amides is 1. The third-order valence-electron chi connectivity index (χ3n) is 3.56. The van der Waals surface area contributed by atoms with E-state index in [0.717, 1.165) is 31.2 Å². The van der Waals surface area contributed by atoms with Gasteiger partial charge in [0.25, 0.3) is 5.91 Å². The molecule has 116 valence electrons. The number of sulfonamides is 1. The van der Waals surface area contributed by atoms with Crippen LogP contribution in [0, 0.1) is 12.8 Å². The maximum Gasteiger partial charge on any atom is 0.271 e. The summed E-state index contributed by atoms with van der Waals surface area (Å²) >= 11 is 0. The topological polar surface area (TPSA) is 101 Å². The van der Waals surface area contributed by atoms with E-state index < -0.39 is 10.0 Å². The number of aryl methyl sites for hydroxylation is 1. The zero-order chi connectivity index (χ0) is 15.5. The fraction of sp³-hybridized carbons (Fsp3) is 0.615. The molecule has 1 fully saturated rings. The van der Waals surface area contributed by atoms with Crippen molar-refractivity contribution in [2.45, 2.75) is 32.2 Å². The molecule has 0 aromatic carbocycles. The molecule has 2 N–H and O–H groups in total. The van der Waals surface area contributed by atoms with Crippen LogP contribution in [-0.2, 0) is 10.0 Å². The van der Waals surface area contributed by atoms with Crippen LogP contribution in [0.25, 0.3) is 0 Å². The summed E-state index contributed by atoms with van der Waals surface area (Å²) in [6.45, 7) is 2.23. The first kappa shape index (κ1) is 15.8. The van der Waals surface area contributed by atoms with Crippen LogP contribution in [0.4, 0.5) is 0 Å². The third kappa shape index (κ3) is 4.75. The first-order chi connectivity index (χ1) is 9.85. The number of aromatic nitrogens is 2. The SMILES string of the molecule is Cc1cnc(C(=O)NCC2CCCC2NS(C)(=O)=O)cn1. The quantitative estimate of drug-likeness (QED) is 0.810. The minimum atomic E-state index is -3.22. The highest BCUT2D eigenvalue weighted by atomic mass is 32.2. The van der Waals surface area contributed by atoms with Gasteiger partial charge in [-0.25, -0.2) is 18.1 Å². The summed E-state index contributed by atoms with van der Waals surface area (Å²) in [5.74, 6) is -0.172. The van der Waals surface area contributed by atoms with Gasteiger partial charge in [-0.05, 0) is 25.7 Å². The standard InChI is InChI=1S/C13H20N4O3S/c1-9-6-15-12(8-14-9)13(18)16-7-10-4-3-5-11(10)17-21(2,19)20/h6,8,10-11,17H,3-5,7H2,1-2H3,(H,16,18). The van der Waals surface area contributed by atoms with Crippen LogP contribution in [0.2, 0.25) is 0 Å². The van der Waals surface area contributed by atoms with Crippen LogP contribution in [0.5, 0.6) is 0 Å². The molecular formula is C13H20N4O3S. The Labute approximate surface area is 124 Å². The molecule has 2 rings (SSSR count). The van der Waals surface area contributed by atoms with Crippen molar-refractivity contribution >= 4 is 15.9 Å². The van der Waals surface area contributed by atoms with Crippen LogP contribution in [0.15, 0.2) is 12.4 Å². The average molecular weight is 312 g/mol. The van der Waals surface area contributed by atoms with E-state index in [1.807, 2.05) is 0 Å². The molecule has 0 radical (unpaired) electrons. The van der Waals surface area contributed by atoms with Gasteiger partial charge < -0.3 is 5.32 Å². The maximum atomic E-state index is 12.0. The summed E-state index contributed by atoms with van der Waals surface area (Å²) in [6, 6.07) is -0.107. The summed E-state index contributed by atoms with van der Waals surface area (Å²) < 4.78 is 25.2. The lowest BCUT2D eigenvalue weighted by molar-refractivity contribution is 0.0940. The predicted octanol–water partition coefficient (Wildman–Crippen LogP) is 0.233. The Morgan fingerprint density at radius 3 is 2.71 bits per heavy atom. The lowest BCUT2D eigenvalue weighted by Crippen LogP contribution is -2.41. The van der Waals surface area contributed by atoms with Crippen molar-refractivity contribution in [2.24, 2.45) is 5.92 Å². The monoisotopic (exact) mass is 312 g/mol. The summed E-state index contributed by atoms with van der Waals surface area (Å²) in [6.07, 6.45) is 6.79. The highest BCUT2D eigenvalue weighted by Crippen LogP contribution is 2.25. The van der Waals surface area contributed by atoms with Gasteiger partial charge in [-0.3, -0.25) is 9.78 Å². The molecule has 1 aromatic heterocycles. The highest BCUT2D eigenvalue weighted by molar-refractivity contribution is 7.88. The van der Waals surface area contributed by atoms with E-state index in [2.05, 4.69) is 20.0 Å². The van der Waals surface area contributed by atoms with Crippen molar-refractivity contribution in [3.8, 4) is 0 Å². The van der Waals surface area contributed by atoms with Crippen LogP contribution in [-0.4, -0.2) is 43.1 Å².